The average Bonchev–Trinajstić information content (AvgIpc) is 3.17. The van der Waals surface area contributed by atoms with Gasteiger partial charge in [-0.2, -0.15) is 0 Å². The van der Waals surface area contributed by atoms with E-state index in [0.717, 1.165) is 11.4 Å². The molecule has 1 aliphatic rings. The van der Waals surface area contributed by atoms with Gasteiger partial charge < -0.3 is 5.32 Å². The summed E-state index contributed by atoms with van der Waals surface area (Å²) in [7, 11) is 0. The van der Waals surface area contributed by atoms with E-state index in [1.165, 1.54) is 49.8 Å². The van der Waals surface area contributed by atoms with E-state index in [2.05, 4.69) is 134 Å². The van der Waals surface area contributed by atoms with Gasteiger partial charge in [-0.25, -0.2) is 4.99 Å². The highest BCUT2D eigenvalue weighted by atomic mass is 15.0. The van der Waals surface area contributed by atoms with Crippen molar-refractivity contribution in [2.24, 2.45) is 4.99 Å². The van der Waals surface area contributed by atoms with E-state index in [-0.39, 0.29) is 6.04 Å². The summed E-state index contributed by atoms with van der Waals surface area (Å²) < 4.78 is 0. The maximum absolute atomic E-state index is 5.62. The largest absolute Gasteiger partial charge is 0.372 e. The molecule has 1 atom stereocenters. The van der Waals surface area contributed by atoms with E-state index in [1.54, 1.807) is 0 Å². The SMILES string of the molecule is CC(C)c1cccc(C(C)C)c1N=C1c2cccc3cccc(c23)C1Nc1c(C(C)C)cccc1C(C)C. The quantitative estimate of drug-likeness (QED) is 0.267. The van der Waals surface area contributed by atoms with Crippen molar-refractivity contribution in [2.75, 3.05) is 5.32 Å². The van der Waals surface area contributed by atoms with E-state index in [4.69, 9.17) is 4.99 Å². The predicted octanol–water partition coefficient (Wildman–Crippen LogP) is 10.6. The van der Waals surface area contributed by atoms with Crippen molar-refractivity contribution < 1.29 is 0 Å². The molecule has 0 radical (unpaired) electrons. The smallest absolute Gasteiger partial charge is 0.0953 e. The molecule has 2 nitrogen and oxygen atoms in total. The Morgan fingerprint density at radius 3 is 1.58 bits per heavy atom. The maximum Gasteiger partial charge on any atom is 0.0953 e. The maximum atomic E-state index is 5.62. The second-order valence-electron chi connectivity index (χ2n) is 12.0. The van der Waals surface area contributed by atoms with Crippen LogP contribution in [0.15, 0.2) is 77.8 Å². The molecular weight excluding hydrogens is 460 g/mol. The number of aliphatic imine (C=N–C) groups is 1. The Hall–Kier alpha value is -3.39. The Morgan fingerprint density at radius 2 is 1.05 bits per heavy atom. The van der Waals surface area contributed by atoms with E-state index < -0.39 is 0 Å². The highest BCUT2D eigenvalue weighted by Crippen LogP contribution is 2.44. The van der Waals surface area contributed by atoms with Crippen LogP contribution in [0.2, 0.25) is 0 Å². The van der Waals surface area contributed by atoms with Crippen molar-refractivity contribution in [3.05, 3.63) is 106 Å². The molecule has 38 heavy (non-hydrogen) atoms. The van der Waals surface area contributed by atoms with Gasteiger partial charge in [0.2, 0.25) is 0 Å². The zero-order chi connectivity index (χ0) is 27.1. The second kappa shape index (κ2) is 10.4. The first-order chi connectivity index (χ1) is 18.2. The van der Waals surface area contributed by atoms with E-state index >= 15 is 0 Å². The third kappa shape index (κ3) is 4.55. The molecule has 1 aliphatic carbocycles. The van der Waals surface area contributed by atoms with Crippen LogP contribution in [-0.4, -0.2) is 5.71 Å². The van der Waals surface area contributed by atoms with E-state index in [1.807, 2.05) is 0 Å². The van der Waals surface area contributed by atoms with Crippen molar-refractivity contribution in [3.63, 3.8) is 0 Å². The number of anilines is 1. The monoisotopic (exact) mass is 502 g/mol. The molecule has 0 fully saturated rings. The molecule has 0 amide bonds. The van der Waals surface area contributed by atoms with E-state index in [9.17, 15) is 0 Å². The lowest BCUT2D eigenvalue weighted by Crippen LogP contribution is -2.20. The Bertz CT molecular complexity index is 1450. The van der Waals surface area contributed by atoms with Crippen LogP contribution in [0, 0.1) is 0 Å². The normalized spacial score (nSPS) is 16.1. The van der Waals surface area contributed by atoms with Gasteiger partial charge in [-0.05, 0) is 62.3 Å². The molecular formula is C36H42N2. The van der Waals surface area contributed by atoms with Gasteiger partial charge in [-0.15, -0.1) is 0 Å². The van der Waals surface area contributed by atoms with Crippen molar-refractivity contribution in [2.45, 2.75) is 85.1 Å². The predicted molar refractivity (Wildman–Crippen MR) is 166 cm³/mol. The highest BCUT2D eigenvalue weighted by molar-refractivity contribution is 6.22. The molecule has 4 aromatic rings. The van der Waals surface area contributed by atoms with Gasteiger partial charge >= 0.3 is 0 Å². The molecule has 0 spiro atoms. The van der Waals surface area contributed by atoms with Crippen molar-refractivity contribution in [3.8, 4) is 0 Å². The van der Waals surface area contributed by atoms with Gasteiger partial charge in [-0.1, -0.05) is 128 Å². The summed E-state index contributed by atoms with van der Waals surface area (Å²) in [5.74, 6) is 1.64. The Labute approximate surface area is 229 Å². The average molecular weight is 503 g/mol. The fourth-order valence-electron chi connectivity index (χ4n) is 6.02. The Balaban J connectivity index is 1.78. The van der Waals surface area contributed by atoms with Crippen molar-refractivity contribution in [1.82, 2.24) is 0 Å². The molecule has 5 rings (SSSR count). The summed E-state index contributed by atoms with van der Waals surface area (Å²) in [6.45, 7) is 18.3. The zero-order valence-corrected chi connectivity index (χ0v) is 24.3. The topological polar surface area (TPSA) is 24.4 Å². The lowest BCUT2D eigenvalue weighted by Gasteiger charge is -2.26. The van der Waals surface area contributed by atoms with Crippen LogP contribution < -0.4 is 5.32 Å². The fraction of sp³-hybridized carbons (Fsp3) is 0.361. The van der Waals surface area contributed by atoms with Crippen LogP contribution in [0.5, 0.6) is 0 Å². The van der Waals surface area contributed by atoms with Crippen LogP contribution in [0.3, 0.4) is 0 Å². The Morgan fingerprint density at radius 1 is 0.579 bits per heavy atom. The van der Waals surface area contributed by atoms with Gasteiger partial charge in [-0.3, -0.25) is 0 Å². The number of nitrogens with one attached hydrogen (secondary N) is 1. The van der Waals surface area contributed by atoms with Gasteiger partial charge in [0.15, 0.2) is 0 Å². The minimum absolute atomic E-state index is 0.0197. The molecule has 1 unspecified atom stereocenters. The molecule has 0 saturated carbocycles. The molecule has 1 N–H and O–H groups in total. The number of para-hydroxylation sites is 2. The number of hydrogen-bond acceptors (Lipinski definition) is 2. The molecule has 196 valence electrons. The number of rotatable bonds is 7. The van der Waals surface area contributed by atoms with Gasteiger partial charge in [0.05, 0.1) is 17.4 Å². The molecule has 2 heteroatoms. The summed E-state index contributed by atoms with van der Waals surface area (Å²) in [6.07, 6.45) is 0. The first-order valence-electron chi connectivity index (χ1n) is 14.3. The molecule has 0 saturated heterocycles. The van der Waals surface area contributed by atoms with Crippen molar-refractivity contribution >= 4 is 27.9 Å². The Kier molecular flexibility index (Phi) is 7.18. The number of benzene rings is 4. The summed E-state index contributed by atoms with van der Waals surface area (Å²) in [5.41, 5.74) is 11.5. The van der Waals surface area contributed by atoms with Crippen LogP contribution in [0.25, 0.3) is 10.8 Å². The molecule has 0 bridgehead atoms. The fourth-order valence-corrected chi connectivity index (χ4v) is 6.02. The standard InChI is InChI=1S/C36H42N2/c1-21(2)26-15-11-16-27(22(3)4)33(26)37-35-30-19-9-13-25-14-10-20-31(32(25)30)36(35)38-34-28(23(5)6)17-12-18-29(34)24(7)8/h9-24,35,37H,1-8H3. The minimum atomic E-state index is -0.0197. The van der Waals surface area contributed by atoms with Crippen LogP contribution in [0.4, 0.5) is 11.4 Å². The third-order valence-electron chi connectivity index (χ3n) is 8.03. The second-order valence-corrected chi connectivity index (χ2v) is 12.0. The zero-order valence-electron chi connectivity index (χ0n) is 24.3. The van der Waals surface area contributed by atoms with Crippen LogP contribution in [-0.2, 0) is 0 Å². The van der Waals surface area contributed by atoms with Gasteiger partial charge in [0.1, 0.15) is 0 Å². The molecule has 0 aromatic heterocycles. The summed E-state index contributed by atoms with van der Waals surface area (Å²) in [4.78, 5) is 5.62. The minimum Gasteiger partial charge on any atom is -0.372 e. The highest BCUT2D eigenvalue weighted by Gasteiger charge is 2.33. The lowest BCUT2D eigenvalue weighted by molar-refractivity contribution is 0.828. The molecule has 4 aromatic carbocycles. The van der Waals surface area contributed by atoms with E-state index in [0.29, 0.717) is 23.7 Å². The van der Waals surface area contributed by atoms with Crippen LogP contribution >= 0.6 is 0 Å². The first kappa shape index (κ1) is 26.2. The summed E-state index contributed by atoms with van der Waals surface area (Å²) >= 11 is 0. The number of nitrogens with zero attached hydrogens (tertiary/aromatic N) is 1. The van der Waals surface area contributed by atoms with Crippen molar-refractivity contribution in [1.29, 1.82) is 0 Å². The third-order valence-corrected chi connectivity index (χ3v) is 8.03. The first-order valence-corrected chi connectivity index (χ1v) is 14.3. The summed E-state index contributed by atoms with van der Waals surface area (Å²) in [5, 5.41) is 6.69. The van der Waals surface area contributed by atoms with Gasteiger partial charge in [0.25, 0.3) is 0 Å². The van der Waals surface area contributed by atoms with Crippen LogP contribution in [0.1, 0.15) is 118 Å². The summed E-state index contributed by atoms with van der Waals surface area (Å²) in [6, 6.07) is 26.8. The number of hydrogen-bond donors (Lipinski definition) is 1. The molecule has 0 heterocycles. The van der Waals surface area contributed by atoms with Gasteiger partial charge in [0, 0.05) is 11.3 Å². The molecule has 0 aliphatic heterocycles. The lowest BCUT2D eigenvalue weighted by atomic mass is 9.91.